The fourth-order valence-electron chi connectivity index (χ4n) is 2.53. The summed E-state index contributed by atoms with van der Waals surface area (Å²) in [6, 6.07) is 7.09. The van der Waals surface area contributed by atoms with Gasteiger partial charge in [0.1, 0.15) is 15.6 Å². The minimum absolute atomic E-state index is 0.0932. The van der Waals surface area contributed by atoms with Crippen LogP contribution in [0.2, 0.25) is 5.02 Å². The van der Waals surface area contributed by atoms with Crippen LogP contribution in [0.1, 0.15) is 16.1 Å². The molecule has 0 fully saturated rings. The van der Waals surface area contributed by atoms with Gasteiger partial charge in [-0.1, -0.05) is 22.8 Å². The number of thiophene rings is 1. The van der Waals surface area contributed by atoms with Crippen LogP contribution in [0.25, 0.3) is 0 Å². The summed E-state index contributed by atoms with van der Waals surface area (Å²) in [7, 11) is -3.86. The van der Waals surface area contributed by atoms with Gasteiger partial charge < -0.3 is 14.0 Å². The highest BCUT2D eigenvalue weighted by atomic mass is 35.5. The lowest BCUT2D eigenvalue weighted by atomic mass is 10.1. The SMILES string of the molecule is Cc1noc(NS(=O)(=O)c2ccsc2Cc2ccc3c(c2)OCO3)c1Cl. The van der Waals surface area contributed by atoms with E-state index in [0.29, 0.717) is 28.5 Å². The predicted molar refractivity (Wildman–Crippen MR) is 96.7 cm³/mol. The number of nitrogens with one attached hydrogen (secondary N) is 1. The van der Waals surface area contributed by atoms with E-state index >= 15 is 0 Å². The minimum Gasteiger partial charge on any atom is -0.454 e. The third-order valence-corrected chi connectivity index (χ3v) is 6.72. The molecule has 26 heavy (non-hydrogen) atoms. The van der Waals surface area contributed by atoms with E-state index in [-0.39, 0.29) is 22.6 Å². The van der Waals surface area contributed by atoms with Gasteiger partial charge in [-0.15, -0.1) is 11.3 Å². The smallest absolute Gasteiger partial charge is 0.265 e. The second-order valence-electron chi connectivity index (χ2n) is 5.59. The van der Waals surface area contributed by atoms with E-state index in [4.69, 9.17) is 25.6 Å². The number of aryl methyl sites for hydroxylation is 1. The maximum Gasteiger partial charge on any atom is 0.265 e. The number of fused-ring (bicyclic) bond motifs is 1. The van der Waals surface area contributed by atoms with Crippen molar-refractivity contribution in [2.75, 3.05) is 11.5 Å². The van der Waals surface area contributed by atoms with Crippen molar-refractivity contribution in [2.24, 2.45) is 0 Å². The van der Waals surface area contributed by atoms with Crippen molar-refractivity contribution in [1.82, 2.24) is 5.16 Å². The topological polar surface area (TPSA) is 90.7 Å². The lowest BCUT2D eigenvalue weighted by Crippen LogP contribution is -2.13. The molecular formula is C16H13ClN2O5S2. The van der Waals surface area contributed by atoms with Gasteiger partial charge in [-0.3, -0.25) is 0 Å². The molecule has 0 unspecified atom stereocenters. The van der Waals surface area contributed by atoms with Gasteiger partial charge in [-0.05, 0) is 36.1 Å². The molecule has 0 saturated carbocycles. The molecule has 0 saturated heterocycles. The Balaban J connectivity index is 1.61. The molecule has 2 aromatic heterocycles. The van der Waals surface area contributed by atoms with Crippen LogP contribution in [0.15, 0.2) is 39.1 Å². The van der Waals surface area contributed by atoms with Crippen LogP contribution in [0.5, 0.6) is 11.5 Å². The number of hydrogen-bond acceptors (Lipinski definition) is 7. The van der Waals surface area contributed by atoms with Gasteiger partial charge in [-0.2, -0.15) is 0 Å². The highest BCUT2D eigenvalue weighted by Gasteiger charge is 2.24. The summed E-state index contributed by atoms with van der Waals surface area (Å²) in [6.07, 6.45) is 0.438. The molecule has 3 heterocycles. The molecule has 0 atom stereocenters. The number of rotatable bonds is 5. The Hall–Kier alpha value is -2.23. The van der Waals surface area contributed by atoms with E-state index in [1.807, 2.05) is 18.2 Å². The molecule has 1 aliphatic rings. The lowest BCUT2D eigenvalue weighted by molar-refractivity contribution is 0.174. The third kappa shape index (κ3) is 3.13. The van der Waals surface area contributed by atoms with Gasteiger partial charge in [0.2, 0.25) is 6.79 Å². The van der Waals surface area contributed by atoms with Crippen molar-refractivity contribution < 1.29 is 22.4 Å². The summed E-state index contributed by atoms with van der Waals surface area (Å²) in [5.41, 5.74) is 1.33. The third-order valence-electron chi connectivity index (χ3n) is 3.81. The Morgan fingerprint density at radius 1 is 1.27 bits per heavy atom. The Morgan fingerprint density at radius 2 is 2.08 bits per heavy atom. The Bertz CT molecular complexity index is 1070. The van der Waals surface area contributed by atoms with Gasteiger partial charge in [0.15, 0.2) is 11.5 Å². The van der Waals surface area contributed by atoms with Gasteiger partial charge in [-0.25, -0.2) is 13.1 Å². The predicted octanol–water partition coefficient (Wildman–Crippen LogP) is 3.82. The van der Waals surface area contributed by atoms with Crippen molar-refractivity contribution in [3.05, 3.63) is 50.8 Å². The first kappa shape index (κ1) is 17.2. The quantitative estimate of drug-likeness (QED) is 0.685. The van der Waals surface area contributed by atoms with Crippen molar-refractivity contribution in [1.29, 1.82) is 0 Å². The Labute approximate surface area is 158 Å². The van der Waals surface area contributed by atoms with Crippen LogP contribution >= 0.6 is 22.9 Å². The second kappa shape index (κ2) is 6.49. The highest BCUT2D eigenvalue weighted by molar-refractivity contribution is 7.93. The van der Waals surface area contributed by atoms with Crippen molar-refractivity contribution in [2.45, 2.75) is 18.2 Å². The van der Waals surface area contributed by atoms with Crippen molar-refractivity contribution in [3.8, 4) is 11.5 Å². The largest absolute Gasteiger partial charge is 0.454 e. The number of sulfonamides is 1. The number of anilines is 1. The molecule has 1 aliphatic heterocycles. The molecule has 3 aromatic rings. The molecular weight excluding hydrogens is 400 g/mol. The van der Waals surface area contributed by atoms with Crippen LogP contribution in [-0.4, -0.2) is 20.4 Å². The number of nitrogens with zero attached hydrogens (tertiary/aromatic N) is 1. The number of benzene rings is 1. The molecule has 0 amide bonds. The van der Waals surface area contributed by atoms with E-state index in [2.05, 4.69) is 9.88 Å². The summed E-state index contributed by atoms with van der Waals surface area (Å²) in [4.78, 5) is 0.856. The maximum absolute atomic E-state index is 12.7. The van der Waals surface area contributed by atoms with Crippen LogP contribution in [0.3, 0.4) is 0 Å². The first-order chi connectivity index (χ1) is 12.4. The zero-order valence-electron chi connectivity index (χ0n) is 13.5. The molecule has 0 aliphatic carbocycles. The van der Waals surface area contributed by atoms with E-state index in [0.717, 1.165) is 5.56 Å². The van der Waals surface area contributed by atoms with Crippen LogP contribution in [0, 0.1) is 6.92 Å². The van der Waals surface area contributed by atoms with E-state index in [9.17, 15) is 8.42 Å². The summed E-state index contributed by atoms with van der Waals surface area (Å²) < 4.78 is 43.4. The summed E-state index contributed by atoms with van der Waals surface area (Å²) in [6.45, 7) is 1.82. The fraction of sp³-hybridized carbons (Fsp3) is 0.188. The van der Waals surface area contributed by atoms with Crippen LogP contribution < -0.4 is 14.2 Å². The van der Waals surface area contributed by atoms with E-state index in [1.165, 1.54) is 11.3 Å². The maximum atomic E-state index is 12.7. The first-order valence-electron chi connectivity index (χ1n) is 7.53. The van der Waals surface area contributed by atoms with E-state index in [1.54, 1.807) is 18.4 Å². The Morgan fingerprint density at radius 3 is 2.85 bits per heavy atom. The molecule has 10 heteroatoms. The zero-order chi connectivity index (χ0) is 18.3. The summed E-state index contributed by atoms with van der Waals surface area (Å²) >= 11 is 7.35. The molecule has 1 aromatic carbocycles. The molecule has 1 N–H and O–H groups in total. The molecule has 7 nitrogen and oxygen atoms in total. The Kier molecular flexibility index (Phi) is 4.29. The standard InChI is InChI=1S/C16H13ClN2O5S2/c1-9-15(17)16(24-18-9)19-26(20,21)14-4-5-25-13(14)7-10-2-3-11-12(6-10)23-8-22-11/h2-6,19H,7-8H2,1H3. The second-order valence-corrected chi connectivity index (χ2v) is 8.62. The summed E-state index contributed by atoms with van der Waals surface area (Å²) in [5.74, 6) is 1.25. The molecule has 0 radical (unpaired) electrons. The van der Waals surface area contributed by atoms with Gasteiger partial charge in [0, 0.05) is 11.3 Å². The zero-order valence-corrected chi connectivity index (χ0v) is 15.9. The number of hydrogen-bond donors (Lipinski definition) is 1. The van der Waals surface area contributed by atoms with Gasteiger partial charge in [0.25, 0.3) is 15.9 Å². The molecule has 4 rings (SSSR count). The number of aromatic nitrogens is 1. The average molecular weight is 413 g/mol. The monoisotopic (exact) mass is 412 g/mol. The molecule has 0 bridgehead atoms. The first-order valence-corrected chi connectivity index (χ1v) is 10.3. The van der Waals surface area contributed by atoms with Crippen molar-refractivity contribution in [3.63, 3.8) is 0 Å². The highest BCUT2D eigenvalue weighted by Crippen LogP contribution is 2.35. The van der Waals surface area contributed by atoms with Crippen molar-refractivity contribution >= 4 is 38.8 Å². The average Bonchev–Trinajstić information content (AvgIpc) is 3.32. The van der Waals surface area contributed by atoms with Crippen LogP contribution in [-0.2, 0) is 16.4 Å². The lowest BCUT2D eigenvalue weighted by Gasteiger charge is -2.07. The number of halogens is 1. The minimum atomic E-state index is -3.86. The fourth-order valence-corrected chi connectivity index (χ4v) is 5.18. The normalized spacial score (nSPS) is 13.2. The summed E-state index contributed by atoms with van der Waals surface area (Å²) in [5, 5.41) is 5.51. The number of ether oxygens (including phenoxy) is 2. The molecule has 0 spiro atoms. The van der Waals surface area contributed by atoms with Gasteiger partial charge in [0.05, 0.1) is 0 Å². The van der Waals surface area contributed by atoms with E-state index < -0.39 is 10.0 Å². The van der Waals surface area contributed by atoms with Crippen LogP contribution in [0.4, 0.5) is 5.88 Å². The van der Waals surface area contributed by atoms with Gasteiger partial charge >= 0.3 is 0 Å². The molecule has 136 valence electrons.